The van der Waals surface area contributed by atoms with E-state index < -0.39 is 67.4 Å². The smallest absolute Gasteiger partial charge is 0.306 e. The maximum Gasteiger partial charge on any atom is 0.306 e. The first-order valence-corrected chi connectivity index (χ1v) is 26.4. The molecule has 378 valence electrons. The zero-order valence-electron chi connectivity index (χ0n) is 41.3. The summed E-state index contributed by atoms with van der Waals surface area (Å²) < 4.78 is 17.5. The first-order valence-electron chi connectivity index (χ1n) is 26.4. The van der Waals surface area contributed by atoms with Crippen LogP contribution in [-0.2, 0) is 23.8 Å². The van der Waals surface area contributed by atoms with E-state index in [0.29, 0.717) is 12.8 Å². The lowest BCUT2D eigenvalue weighted by atomic mass is 9.99. The minimum absolute atomic E-state index is 0.113. The van der Waals surface area contributed by atoms with Crippen LogP contribution in [0.5, 0.6) is 0 Å². The van der Waals surface area contributed by atoms with Crippen molar-refractivity contribution in [3.63, 3.8) is 0 Å². The van der Waals surface area contributed by atoms with Crippen molar-refractivity contribution in [3.8, 4) is 0 Å². The van der Waals surface area contributed by atoms with Crippen molar-refractivity contribution in [2.24, 2.45) is 0 Å². The van der Waals surface area contributed by atoms with Crippen LogP contribution >= 0.6 is 0 Å². The second-order valence-electron chi connectivity index (χ2n) is 18.2. The summed E-state index contributed by atoms with van der Waals surface area (Å²) >= 11 is 0. The Morgan fingerprint density at radius 1 is 0.615 bits per heavy atom. The Morgan fingerprint density at radius 2 is 1.12 bits per heavy atom. The maximum atomic E-state index is 13.3. The molecule has 0 aromatic heterocycles. The molecule has 1 fully saturated rings. The number of ether oxygens (including phenoxy) is 3. The molecule has 1 amide bonds. The molecule has 65 heavy (non-hydrogen) atoms. The van der Waals surface area contributed by atoms with Crippen LogP contribution in [0, 0.1) is 0 Å². The second kappa shape index (κ2) is 42.9. The van der Waals surface area contributed by atoms with E-state index >= 15 is 0 Å². The SMILES string of the molecule is CC/C=C/C/C=C/CCCCCCCCCC(=O)OC1C(OCC(NC(=O)C(O)CCCCCC/C=C\CCCC)C(O)/C=C/CCCCCCCCCCCC)OC(CO)C(O)C1O. The number of amides is 1. The van der Waals surface area contributed by atoms with Gasteiger partial charge in [-0.05, 0) is 70.6 Å². The molecule has 0 bridgehead atoms. The van der Waals surface area contributed by atoms with E-state index in [9.17, 15) is 35.1 Å². The molecular weight excluding hydrogens is 823 g/mol. The first-order chi connectivity index (χ1) is 31.7. The van der Waals surface area contributed by atoms with Gasteiger partial charge in [0.15, 0.2) is 12.4 Å². The summed E-state index contributed by atoms with van der Waals surface area (Å²) in [4.78, 5) is 26.3. The lowest BCUT2D eigenvalue weighted by Gasteiger charge is -2.41. The number of carbonyl (C=O) groups is 2. The first kappa shape index (κ1) is 60.6. The van der Waals surface area contributed by atoms with Gasteiger partial charge in [-0.3, -0.25) is 9.59 Å². The monoisotopic (exact) mass is 920 g/mol. The molecule has 0 spiro atoms. The molecule has 1 aliphatic heterocycles. The molecule has 0 aromatic carbocycles. The molecule has 1 aliphatic rings. The van der Waals surface area contributed by atoms with Gasteiger partial charge < -0.3 is 45.1 Å². The minimum Gasteiger partial charge on any atom is -0.454 e. The largest absolute Gasteiger partial charge is 0.454 e. The third-order valence-corrected chi connectivity index (χ3v) is 12.2. The molecule has 0 saturated carbocycles. The quantitative estimate of drug-likeness (QED) is 0.0196. The summed E-state index contributed by atoms with van der Waals surface area (Å²) in [5.74, 6) is -1.22. The highest BCUT2D eigenvalue weighted by molar-refractivity contribution is 5.80. The number of nitrogens with one attached hydrogen (secondary N) is 1. The van der Waals surface area contributed by atoms with Gasteiger partial charge in [-0.15, -0.1) is 0 Å². The average Bonchev–Trinajstić information content (AvgIpc) is 3.30. The number of esters is 1. The number of rotatable bonds is 43. The Balaban J connectivity index is 2.78. The Labute approximate surface area is 396 Å². The highest BCUT2D eigenvalue weighted by atomic mass is 16.7. The number of hydrogen-bond acceptors (Lipinski definition) is 10. The van der Waals surface area contributed by atoms with E-state index in [2.05, 4.69) is 62.5 Å². The summed E-state index contributed by atoms with van der Waals surface area (Å²) in [5, 5.41) is 56.5. The fraction of sp³-hybridized carbons (Fsp3) is 0.815. The van der Waals surface area contributed by atoms with Gasteiger partial charge in [-0.1, -0.05) is 191 Å². The van der Waals surface area contributed by atoms with Crippen molar-refractivity contribution in [3.05, 3.63) is 48.6 Å². The van der Waals surface area contributed by atoms with Gasteiger partial charge in [-0.25, -0.2) is 0 Å². The Hall–Kier alpha value is -2.38. The van der Waals surface area contributed by atoms with Crippen LogP contribution in [0.4, 0.5) is 0 Å². The molecule has 1 saturated heterocycles. The second-order valence-corrected chi connectivity index (χ2v) is 18.2. The zero-order chi connectivity index (χ0) is 47.6. The van der Waals surface area contributed by atoms with E-state index in [1.165, 1.54) is 77.0 Å². The van der Waals surface area contributed by atoms with Gasteiger partial charge >= 0.3 is 5.97 Å². The van der Waals surface area contributed by atoms with Crippen molar-refractivity contribution in [2.45, 2.75) is 269 Å². The fourth-order valence-corrected chi connectivity index (χ4v) is 7.96. The summed E-state index contributed by atoms with van der Waals surface area (Å²) in [7, 11) is 0. The van der Waals surface area contributed by atoms with Crippen LogP contribution in [0.25, 0.3) is 0 Å². The van der Waals surface area contributed by atoms with Crippen LogP contribution in [0.15, 0.2) is 48.6 Å². The van der Waals surface area contributed by atoms with E-state index in [1.807, 2.05) is 6.08 Å². The van der Waals surface area contributed by atoms with Gasteiger partial charge in [0.2, 0.25) is 5.91 Å². The van der Waals surface area contributed by atoms with Crippen molar-refractivity contribution in [1.29, 1.82) is 0 Å². The number of allylic oxidation sites excluding steroid dienone is 7. The zero-order valence-corrected chi connectivity index (χ0v) is 41.3. The van der Waals surface area contributed by atoms with Crippen molar-refractivity contribution >= 4 is 11.9 Å². The van der Waals surface area contributed by atoms with Crippen LogP contribution in [-0.4, -0.2) is 99.6 Å². The Bertz CT molecular complexity index is 1240. The number of hydrogen-bond donors (Lipinski definition) is 6. The minimum atomic E-state index is -1.62. The molecule has 11 heteroatoms. The topological polar surface area (TPSA) is 175 Å². The lowest BCUT2D eigenvalue weighted by Crippen LogP contribution is -2.61. The van der Waals surface area contributed by atoms with Gasteiger partial charge in [0.25, 0.3) is 0 Å². The van der Waals surface area contributed by atoms with Crippen LogP contribution in [0.2, 0.25) is 0 Å². The van der Waals surface area contributed by atoms with Crippen LogP contribution in [0.1, 0.15) is 220 Å². The number of aliphatic hydroxyl groups is 5. The van der Waals surface area contributed by atoms with Crippen molar-refractivity contribution in [1.82, 2.24) is 5.32 Å². The molecule has 0 aliphatic carbocycles. The van der Waals surface area contributed by atoms with Gasteiger partial charge in [0.1, 0.15) is 24.4 Å². The van der Waals surface area contributed by atoms with Gasteiger partial charge in [0, 0.05) is 6.42 Å². The summed E-state index contributed by atoms with van der Waals surface area (Å²) in [6.45, 7) is 5.59. The summed E-state index contributed by atoms with van der Waals surface area (Å²) in [6, 6.07) is -1.03. The van der Waals surface area contributed by atoms with E-state index in [0.717, 1.165) is 96.3 Å². The highest BCUT2D eigenvalue weighted by Crippen LogP contribution is 2.26. The third kappa shape index (κ3) is 32.1. The highest BCUT2D eigenvalue weighted by Gasteiger charge is 2.47. The predicted octanol–water partition coefficient (Wildman–Crippen LogP) is 10.9. The number of aliphatic hydroxyl groups excluding tert-OH is 5. The summed E-state index contributed by atoms with van der Waals surface area (Å²) in [5.41, 5.74) is 0. The standard InChI is InChI=1S/C54H97NO10/c1-4-7-10-13-16-19-22-24-25-27-30-33-36-39-42-49(59)65-52-51(61)50(60)48(43-56)64-54(52)63-44-45(46(57)40-37-34-31-29-26-23-20-17-14-11-8-5-2)55-53(62)47(58)41-38-35-32-28-21-18-15-12-9-6-3/h7,10,15-16,18-19,37,40,45-48,50-52,54,56-58,60-61H,4-6,8-9,11-14,17,20-36,38-39,41-44H2,1-3H3,(H,55,62)/b10-7+,18-15-,19-16+,40-37+. The predicted molar refractivity (Wildman–Crippen MR) is 264 cm³/mol. The van der Waals surface area contributed by atoms with Crippen molar-refractivity contribution in [2.75, 3.05) is 13.2 Å². The van der Waals surface area contributed by atoms with Crippen LogP contribution < -0.4 is 5.32 Å². The van der Waals surface area contributed by atoms with Crippen LogP contribution in [0.3, 0.4) is 0 Å². The molecule has 11 nitrogen and oxygen atoms in total. The molecule has 0 radical (unpaired) electrons. The summed E-state index contributed by atoms with van der Waals surface area (Å²) in [6.07, 6.45) is 38.8. The Morgan fingerprint density at radius 3 is 1.71 bits per heavy atom. The number of unbranched alkanes of at least 4 members (excludes halogenated alkanes) is 23. The van der Waals surface area contributed by atoms with E-state index in [4.69, 9.17) is 14.2 Å². The van der Waals surface area contributed by atoms with Gasteiger partial charge in [-0.2, -0.15) is 0 Å². The van der Waals surface area contributed by atoms with Crippen molar-refractivity contribution < 1.29 is 49.3 Å². The number of carbonyl (C=O) groups excluding carboxylic acids is 2. The lowest BCUT2D eigenvalue weighted by molar-refractivity contribution is -0.305. The Kier molecular flexibility index (Phi) is 40.1. The molecule has 0 aromatic rings. The average molecular weight is 920 g/mol. The maximum absolute atomic E-state index is 13.3. The fourth-order valence-electron chi connectivity index (χ4n) is 7.96. The molecule has 8 unspecified atom stereocenters. The molecule has 1 rings (SSSR count). The molecule has 6 N–H and O–H groups in total. The normalized spacial score (nSPS) is 20.6. The van der Waals surface area contributed by atoms with E-state index in [-0.39, 0.29) is 19.4 Å². The third-order valence-electron chi connectivity index (χ3n) is 12.2. The molecular formula is C54H97NO10. The van der Waals surface area contributed by atoms with Gasteiger partial charge in [0.05, 0.1) is 25.4 Å². The van der Waals surface area contributed by atoms with E-state index in [1.54, 1.807) is 6.08 Å². The molecule has 1 heterocycles. The molecule has 8 atom stereocenters.